The summed E-state index contributed by atoms with van der Waals surface area (Å²) in [6, 6.07) is 10.2. The maximum absolute atomic E-state index is 5.17. The van der Waals surface area contributed by atoms with Crippen molar-refractivity contribution in [1.29, 1.82) is 0 Å². The fourth-order valence-electron chi connectivity index (χ4n) is 3.62. The Morgan fingerprint density at radius 3 is 2.85 bits per heavy atom. The lowest BCUT2D eigenvalue weighted by molar-refractivity contribution is 0.324. The van der Waals surface area contributed by atoms with Crippen LogP contribution in [0.25, 0.3) is 16.8 Å². The highest BCUT2D eigenvalue weighted by molar-refractivity contribution is 5.63. The van der Waals surface area contributed by atoms with Crippen LogP contribution in [0.2, 0.25) is 0 Å². The van der Waals surface area contributed by atoms with Gasteiger partial charge in [-0.25, -0.2) is 9.50 Å². The Morgan fingerprint density at radius 1 is 1.08 bits per heavy atom. The lowest BCUT2D eigenvalue weighted by Crippen LogP contribution is -2.19. The summed E-state index contributed by atoms with van der Waals surface area (Å²) < 4.78 is 7.06. The maximum atomic E-state index is 5.17. The summed E-state index contributed by atoms with van der Waals surface area (Å²) in [6.45, 7) is 2.97. The summed E-state index contributed by atoms with van der Waals surface area (Å²) in [5, 5.41) is 4.76. The number of hydrogen-bond acceptors (Lipinski definition) is 5. The molecule has 5 heterocycles. The van der Waals surface area contributed by atoms with Crippen molar-refractivity contribution in [3.63, 3.8) is 0 Å². The van der Waals surface area contributed by atoms with Gasteiger partial charge in [-0.1, -0.05) is 0 Å². The highest BCUT2D eigenvalue weighted by Gasteiger charge is 2.27. The largest absolute Gasteiger partial charge is 0.472 e. The van der Waals surface area contributed by atoms with Gasteiger partial charge in [0.2, 0.25) is 0 Å². The van der Waals surface area contributed by atoms with Crippen LogP contribution in [0, 0.1) is 0 Å². The number of furan rings is 1. The quantitative estimate of drug-likeness (QED) is 0.567. The highest BCUT2D eigenvalue weighted by atomic mass is 16.3. The second kappa shape index (κ2) is 6.38. The van der Waals surface area contributed by atoms with Gasteiger partial charge in [-0.15, -0.1) is 0 Å². The predicted molar refractivity (Wildman–Crippen MR) is 97.6 cm³/mol. The first kappa shape index (κ1) is 15.3. The molecule has 0 saturated carbocycles. The Bertz CT molecular complexity index is 1010. The molecule has 5 rings (SSSR count). The molecule has 0 unspecified atom stereocenters. The molecule has 4 aromatic rings. The van der Waals surface area contributed by atoms with E-state index in [0.29, 0.717) is 5.92 Å². The van der Waals surface area contributed by atoms with Crippen LogP contribution in [-0.2, 0) is 6.54 Å². The number of hydrogen-bond donors (Lipinski definition) is 0. The predicted octanol–water partition coefficient (Wildman–Crippen LogP) is 3.37. The molecule has 0 radical (unpaired) electrons. The molecule has 1 fully saturated rings. The van der Waals surface area contributed by atoms with Crippen LogP contribution in [0.3, 0.4) is 0 Å². The first-order valence-electron chi connectivity index (χ1n) is 8.85. The van der Waals surface area contributed by atoms with Crippen LogP contribution >= 0.6 is 0 Å². The smallest absolute Gasteiger partial charge is 0.156 e. The lowest BCUT2D eigenvalue weighted by Gasteiger charge is -2.13. The molecule has 130 valence electrons. The molecular formula is C20H19N5O. The average molecular weight is 345 g/mol. The number of aromatic nitrogens is 4. The van der Waals surface area contributed by atoms with Gasteiger partial charge in [0, 0.05) is 48.7 Å². The van der Waals surface area contributed by atoms with E-state index in [4.69, 9.17) is 14.5 Å². The van der Waals surface area contributed by atoms with Crippen LogP contribution in [0.5, 0.6) is 0 Å². The van der Waals surface area contributed by atoms with Crippen molar-refractivity contribution in [2.45, 2.75) is 18.9 Å². The molecule has 6 heteroatoms. The summed E-state index contributed by atoms with van der Waals surface area (Å²) in [5.41, 5.74) is 4.36. The van der Waals surface area contributed by atoms with Crippen LogP contribution < -0.4 is 0 Å². The van der Waals surface area contributed by atoms with Crippen LogP contribution in [0.1, 0.15) is 23.7 Å². The van der Waals surface area contributed by atoms with Crippen molar-refractivity contribution >= 4 is 5.65 Å². The Balaban J connectivity index is 1.36. The molecule has 0 aromatic carbocycles. The Morgan fingerprint density at radius 2 is 2.00 bits per heavy atom. The third-order valence-electron chi connectivity index (χ3n) is 4.98. The monoisotopic (exact) mass is 345 g/mol. The van der Waals surface area contributed by atoms with Crippen LogP contribution in [0.4, 0.5) is 0 Å². The van der Waals surface area contributed by atoms with Crippen LogP contribution in [-0.4, -0.2) is 37.6 Å². The molecule has 1 aliphatic heterocycles. The fraction of sp³-hybridized carbons (Fsp3) is 0.250. The van der Waals surface area contributed by atoms with Gasteiger partial charge in [0.25, 0.3) is 0 Å². The molecule has 1 atom stereocenters. The lowest BCUT2D eigenvalue weighted by atomic mass is 10.1. The van der Waals surface area contributed by atoms with Gasteiger partial charge >= 0.3 is 0 Å². The van der Waals surface area contributed by atoms with E-state index >= 15 is 0 Å². The number of nitrogens with zero attached hydrogens (tertiary/aromatic N) is 5. The third-order valence-corrected chi connectivity index (χ3v) is 4.98. The molecule has 4 aromatic heterocycles. The van der Waals surface area contributed by atoms with Gasteiger partial charge in [-0.3, -0.25) is 9.88 Å². The number of rotatable bonds is 4. The molecule has 0 N–H and O–H groups in total. The molecule has 0 aliphatic carbocycles. The standard InChI is InChI=1S/C20H19N5O/c1-2-19-22-20(18-5-9-24(12-18)11-15-6-10-26-14-15)23-25(19)13-17(1)16-3-7-21-8-4-16/h1-4,6-8,10,13-14,18H,5,9,11-12H2/t18-/m1/s1. The maximum Gasteiger partial charge on any atom is 0.156 e. The molecule has 26 heavy (non-hydrogen) atoms. The number of likely N-dealkylation sites (tertiary alicyclic amines) is 1. The molecule has 6 nitrogen and oxygen atoms in total. The minimum Gasteiger partial charge on any atom is -0.472 e. The Kier molecular flexibility index (Phi) is 3.75. The third kappa shape index (κ3) is 2.88. The van der Waals surface area contributed by atoms with Crippen molar-refractivity contribution in [2.75, 3.05) is 13.1 Å². The summed E-state index contributed by atoms with van der Waals surface area (Å²) in [6.07, 6.45) is 10.3. The van der Waals surface area contributed by atoms with E-state index in [1.54, 1.807) is 18.7 Å². The van der Waals surface area contributed by atoms with E-state index in [-0.39, 0.29) is 0 Å². The summed E-state index contributed by atoms with van der Waals surface area (Å²) >= 11 is 0. The molecule has 0 bridgehead atoms. The van der Waals surface area contributed by atoms with Gasteiger partial charge in [0.1, 0.15) is 0 Å². The number of pyridine rings is 2. The first-order valence-corrected chi connectivity index (χ1v) is 8.85. The Hall–Kier alpha value is -2.99. The van der Waals surface area contributed by atoms with Crippen LogP contribution in [0.15, 0.2) is 65.9 Å². The van der Waals surface area contributed by atoms with Gasteiger partial charge < -0.3 is 4.42 Å². The van der Waals surface area contributed by atoms with Gasteiger partial charge in [0.05, 0.1) is 12.5 Å². The fourth-order valence-corrected chi connectivity index (χ4v) is 3.62. The summed E-state index contributed by atoms with van der Waals surface area (Å²) in [5.74, 6) is 1.32. The van der Waals surface area contributed by atoms with E-state index in [1.807, 2.05) is 41.2 Å². The molecule has 1 aliphatic rings. The van der Waals surface area contributed by atoms with E-state index in [1.165, 1.54) is 5.56 Å². The summed E-state index contributed by atoms with van der Waals surface area (Å²) in [7, 11) is 0. The minimum atomic E-state index is 0.381. The topological polar surface area (TPSA) is 59.5 Å². The van der Waals surface area contributed by atoms with Crippen molar-refractivity contribution < 1.29 is 4.42 Å². The second-order valence-electron chi connectivity index (χ2n) is 6.78. The van der Waals surface area contributed by atoms with E-state index in [0.717, 1.165) is 48.7 Å². The zero-order chi connectivity index (χ0) is 17.3. The highest BCUT2D eigenvalue weighted by Crippen LogP contribution is 2.27. The SMILES string of the molecule is c1cc(-c2ccc3nc([C@@H]4CCN(Cc5ccoc5)C4)nn3c2)ccn1. The second-order valence-corrected chi connectivity index (χ2v) is 6.78. The Labute approximate surface area is 151 Å². The van der Waals surface area contributed by atoms with E-state index in [2.05, 4.69) is 16.0 Å². The van der Waals surface area contributed by atoms with Crippen molar-refractivity contribution in [3.05, 3.63) is 72.8 Å². The van der Waals surface area contributed by atoms with Gasteiger partial charge in [0.15, 0.2) is 11.5 Å². The molecule has 1 saturated heterocycles. The van der Waals surface area contributed by atoms with Gasteiger partial charge in [-0.2, -0.15) is 5.10 Å². The molecule has 0 spiro atoms. The molecule has 0 amide bonds. The zero-order valence-corrected chi connectivity index (χ0v) is 14.3. The summed E-state index contributed by atoms with van der Waals surface area (Å²) in [4.78, 5) is 11.3. The normalized spacial score (nSPS) is 17.9. The number of fused-ring (bicyclic) bond motifs is 1. The van der Waals surface area contributed by atoms with Crippen molar-refractivity contribution in [2.24, 2.45) is 0 Å². The molecular weight excluding hydrogens is 326 g/mol. The minimum absolute atomic E-state index is 0.381. The van der Waals surface area contributed by atoms with E-state index in [9.17, 15) is 0 Å². The average Bonchev–Trinajstić information content (AvgIpc) is 3.42. The van der Waals surface area contributed by atoms with Crippen molar-refractivity contribution in [3.8, 4) is 11.1 Å². The zero-order valence-electron chi connectivity index (χ0n) is 14.3. The first-order chi connectivity index (χ1) is 12.8. The van der Waals surface area contributed by atoms with E-state index < -0.39 is 0 Å². The van der Waals surface area contributed by atoms with Gasteiger partial charge in [-0.05, 0) is 48.9 Å². The van der Waals surface area contributed by atoms with Crippen molar-refractivity contribution in [1.82, 2.24) is 24.5 Å².